The van der Waals surface area contributed by atoms with Crippen molar-refractivity contribution in [1.29, 1.82) is 0 Å². The number of aliphatic hydroxyl groups excluding tert-OH is 1. The third kappa shape index (κ3) is 3.14. The second kappa shape index (κ2) is 5.58. The van der Waals surface area contributed by atoms with Crippen molar-refractivity contribution in [3.05, 3.63) is 34.9 Å². The quantitative estimate of drug-likeness (QED) is 0.844. The highest BCUT2D eigenvalue weighted by Gasteiger charge is 2.31. The molecule has 19 heavy (non-hydrogen) atoms. The molecule has 0 aromatic heterocycles. The van der Waals surface area contributed by atoms with Crippen molar-refractivity contribution in [2.24, 2.45) is 17.8 Å². The van der Waals surface area contributed by atoms with Crippen LogP contribution in [-0.4, -0.2) is 5.11 Å². The Morgan fingerprint density at radius 1 is 1.05 bits per heavy atom. The molecule has 1 fully saturated rings. The van der Waals surface area contributed by atoms with Crippen molar-refractivity contribution in [1.82, 2.24) is 0 Å². The number of halogens is 2. The summed E-state index contributed by atoms with van der Waals surface area (Å²) in [5.74, 6) is -0.0283. The summed E-state index contributed by atoms with van der Waals surface area (Å²) in [6.07, 6.45) is 2.14. The van der Waals surface area contributed by atoms with Crippen LogP contribution in [0, 0.1) is 36.3 Å². The molecular weight excluding hydrogens is 246 g/mol. The van der Waals surface area contributed by atoms with E-state index in [1.165, 1.54) is 6.07 Å². The minimum absolute atomic E-state index is 0.0677. The average Bonchev–Trinajstić information content (AvgIpc) is 2.31. The fraction of sp³-hybridized carbons (Fsp3) is 0.625. The van der Waals surface area contributed by atoms with Gasteiger partial charge in [0.1, 0.15) is 11.6 Å². The molecule has 1 nitrogen and oxygen atoms in total. The van der Waals surface area contributed by atoms with E-state index in [1.807, 2.05) is 0 Å². The monoisotopic (exact) mass is 268 g/mol. The van der Waals surface area contributed by atoms with E-state index < -0.39 is 17.7 Å². The maximum Gasteiger partial charge on any atom is 0.131 e. The third-order valence-corrected chi connectivity index (χ3v) is 4.26. The van der Waals surface area contributed by atoms with Crippen molar-refractivity contribution >= 4 is 0 Å². The van der Waals surface area contributed by atoms with Gasteiger partial charge in [-0.25, -0.2) is 8.78 Å². The number of hydrogen-bond donors (Lipinski definition) is 1. The number of rotatable bonds is 2. The van der Waals surface area contributed by atoms with Crippen LogP contribution in [0.25, 0.3) is 0 Å². The zero-order valence-corrected chi connectivity index (χ0v) is 11.8. The van der Waals surface area contributed by atoms with Crippen LogP contribution < -0.4 is 0 Å². The molecule has 0 spiro atoms. The summed E-state index contributed by atoms with van der Waals surface area (Å²) in [4.78, 5) is 0. The molecule has 3 heteroatoms. The van der Waals surface area contributed by atoms with Gasteiger partial charge in [0.2, 0.25) is 0 Å². The smallest absolute Gasteiger partial charge is 0.131 e. The van der Waals surface area contributed by atoms with Gasteiger partial charge >= 0.3 is 0 Å². The van der Waals surface area contributed by atoms with E-state index in [0.29, 0.717) is 17.4 Å². The van der Waals surface area contributed by atoms with Crippen LogP contribution in [0.4, 0.5) is 8.78 Å². The lowest BCUT2D eigenvalue weighted by atomic mass is 9.73. The number of aliphatic hydroxyl groups is 1. The minimum Gasteiger partial charge on any atom is -0.388 e. The minimum atomic E-state index is -0.829. The Labute approximate surface area is 113 Å². The lowest BCUT2D eigenvalue weighted by molar-refractivity contribution is 0.0525. The second-order valence-electron chi connectivity index (χ2n) is 6.25. The highest BCUT2D eigenvalue weighted by Crippen LogP contribution is 2.40. The molecule has 0 heterocycles. The van der Waals surface area contributed by atoms with Gasteiger partial charge in [-0.05, 0) is 55.6 Å². The molecule has 0 bridgehead atoms. The largest absolute Gasteiger partial charge is 0.388 e. The van der Waals surface area contributed by atoms with Crippen molar-refractivity contribution in [2.75, 3.05) is 0 Å². The number of hydrogen-bond acceptors (Lipinski definition) is 1. The van der Waals surface area contributed by atoms with Crippen LogP contribution in [0.3, 0.4) is 0 Å². The summed E-state index contributed by atoms with van der Waals surface area (Å²) in [7, 11) is 0. The zero-order valence-electron chi connectivity index (χ0n) is 11.8. The molecule has 1 saturated carbocycles. The number of benzene rings is 1. The predicted octanol–water partition coefficient (Wildman–Crippen LogP) is 4.38. The van der Waals surface area contributed by atoms with Crippen LogP contribution in [0.15, 0.2) is 12.1 Å². The Balaban J connectivity index is 2.23. The molecule has 1 aromatic rings. The Hall–Kier alpha value is -0.960. The van der Waals surface area contributed by atoms with E-state index in [-0.39, 0.29) is 11.5 Å². The predicted molar refractivity (Wildman–Crippen MR) is 71.7 cm³/mol. The topological polar surface area (TPSA) is 20.2 Å². The highest BCUT2D eigenvalue weighted by molar-refractivity contribution is 5.27. The van der Waals surface area contributed by atoms with Crippen molar-refractivity contribution in [2.45, 2.75) is 46.1 Å². The summed E-state index contributed by atoms with van der Waals surface area (Å²) in [5, 5.41) is 10.4. The van der Waals surface area contributed by atoms with E-state index >= 15 is 0 Å². The van der Waals surface area contributed by atoms with Gasteiger partial charge in [0.05, 0.1) is 6.10 Å². The van der Waals surface area contributed by atoms with Gasteiger partial charge < -0.3 is 5.11 Å². The zero-order chi connectivity index (χ0) is 14.2. The van der Waals surface area contributed by atoms with Gasteiger partial charge in [0.15, 0.2) is 0 Å². The molecule has 1 aliphatic carbocycles. The maximum absolute atomic E-state index is 13.8. The first-order valence-corrected chi connectivity index (χ1v) is 7.02. The molecule has 1 aromatic carbocycles. The van der Waals surface area contributed by atoms with Crippen molar-refractivity contribution in [3.63, 3.8) is 0 Å². The van der Waals surface area contributed by atoms with Gasteiger partial charge in [-0.3, -0.25) is 0 Å². The molecule has 0 saturated heterocycles. The lowest BCUT2D eigenvalue weighted by Gasteiger charge is -2.34. The SMILES string of the molecule is Cc1cc(C(O)C2CC(C)CC(C)C2)c(F)cc1F. The molecule has 1 N–H and O–H groups in total. The first-order chi connectivity index (χ1) is 8.88. The van der Waals surface area contributed by atoms with Crippen LogP contribution in [-0.2, 0) is 0 Å². The highest BCUT2D eigenvalue weighted by atomic mass is 19.1. The summed E-state index contributed by atoms with van der Waals surface area (Å²) in [6, 6.07) is 2.32. The maximum atomic E-state index is 13.8. The van der Waals surface area contributed by atoms with E-state index in [1.54, 1.807) is 6.92 Å². The van der Waals surface area contributed by atoms with Crippen molar-refractivity contribution in [3.8, 4) is 0 Å². The molecular formula is C16H22F2O. The Bertz CT molecular complexity index is 448. The number of aryl methyl sites for hydroxylation is 1. The summed E-state index contributed by atoms with van der Waals surface area (Å²) in [6.45, 7) is 5.93. The fourth-order valence-corrected chi connectivity index (χ4v) is 3.43. The van der Waals surface area contributed by atoms with Gasteiger partial charge in [-0.2, -0.15) is 0 Å². The van der Waals surface area contributed by atoms with Crippen LogP contribution >= 0.6 is 0 Å². The van der Waals surface area contributed by atoms with Gasteiger partial charge in [0.25, 0.3) is 0 Å². The molecule has 0 amide bonds. The van der Waals surface area contributed by atoms with Gasteiger partial charge in [0, 0.05) is 11.6 Å². The summed E-state index contributed by atoms with van der Waals surface area (Å²) >= 11 is 0. The molecule has 0 radical (unpaired) electrons. The van der Waals surface area contributed by atoms with E-state index in [4.69, 9.17) is 0 Å². The molecule has 106 valence electrons. The molecule has 3 atom stereocenters. The lowest BCUT2D eigenvalue weighted by Crippen LogP contribution is -2.25. The Morgan fingerprint density at radius 2 is 1.63 bits per heavy atom. The third-order valence-electron chi connectivity index (χ3n) is 4.26. The van der Waals surface area contributed by atoms with E-state index in [2.05, 4.69) is 13.8 Å². The first-order valence-electron chi connectivity index (χ1n) is 7.02. The van der Waals surface area contributed by atoms with Crippen LogP contribution in [0.2, 0.25) is 0 Å². The van der Waals surface area contributed by atoms with Crippen LogP contribution in [0.1, 0.15) is 50.3 Å². The Morgan fingerprint density at radius 3 is 2.21 bits per heavy atom. The van der Waals surface area contributed by atoms with Crippen LogP contribution in [0.5, 0.6) is 0 Å². The average molecular weight is 268 g/mol. The molecule has 1 aliphatic rings. The van der Waals surface area contributed by atoms with E-state index in [9.17, 15) is 13.9 Å². The summed E-state index contributed by atoms with van der Waals surface area (Å²) in [5.41, 5.74) is 0.623. The first kappa shape index (κ1) is 14.4. The second-order valence-corrected chi connectivity index (χ2v) is 6.25. The molecule has 0 aliphatic heterocycles. The fourth-order valence-electron chi connectivity index (χ4n) is 3.43. The molecule has 3 unspecified atom stereocenters. The van der Waals surface area contributed by atoms with Gasteiger partial charge in [-0.15, -0.1) is 0 Å². The van der Waals surface area contributed by atoms with Crippen molar-refractivity contribution < 1.29 is 13.9 Å². The standard InChI is InChI=1S/C16H22F2O/c1-9-4-10(2)6-12(5-9)16(19)13-7-11(3)14(17)8-15(13)18/h7-10,12,16,19H,4-6H2,1-3H3. The Kier molecular flexibility index (Phi) is 4.24. The normalized spacial score (nSPS) is 29.3. The summed E-state index contributed by atoms with van der Waals surface area (Å²) < 4.78 is 27.1. The molecule has 2 rings (SSSR count). The van der Waals surface area contributed by atoms with Gasteiger partial charge in [-0.1, -0.05) is 13.8 Å². The van der Waals surface area contributed by atoms with E-state index in [0.717, 1.165) is 25.3 Å².